The number of hydrogen-bond donors (Lipinski definition) is 0. The van der Waals surface area contributed by atoms with E-state index in [4.69, 9.17) is 0 Å². The van der Waals surface area contributed by atoms with Crippen LogP contribution in [0.15, 0.2) is 24.3 Å². The SMILES string of the molecule is CC(C)(C)c1ccc(N2CCC(C(C)(C)C)CC2)cc1. The highest BCUT2D eigenvalue weighted by atomic mass is 15.1. The summed E-state index contributed by atoms with van der Waals surface area (Å²) in [5, 5.41) is 0. The van der Waals surface area contributed by atoms with E-state index in [1.807, 2.05) is 0 Å². The van der Waals surface area contributed by atoms with Crippen molar-refractivity contribution in [3.05, 3.63) is 29.8 Å². The maximum atomic E-state index is 2.55. The summed E-state index contributed by atoms with van der Waals surface area (Å²) in [5.41, 5.74) is 3.52. The molecule has 0 aromatic heterocycles. The summed E-state index contributed by atoms with van der Waals surface area (Å²) in [6.07, 6.45) is 2.65. The molecule has 1 saturated heterocycles. The summed E-state index contributed by atoms with van der Waals surface area (Å²) in [4.78, 5) is 2.55. The van der Waals surface area contributed by atoms with Crippen LogP contribution in [-0.2, 0) is 5.41 Å². The van der Waals surface area contributed by atoms with Crippen molar-refractivity contribution in [1.82, 2.24) is 0 Å². The lowest BCUT2D eigenvalue weighted by atomic mass is 9.75. The number of piperidine rings is 1. The predicted octanol–water partition coefficient (Wildman–Crippen LogP) is 5.25. The predicted molar refractivity (Wildman–Crippen MR) is 89.5 cm³/mol. The van der Waals surface area contributed by atoms with E-state index in [-0.39, 0.29) is 5.41 Å². The second kappa shape index (κ2) is 5.42. The van der Waals surface area contributed by atoms with Gasteiger partial charge in [0.1, 0.15) is 0 Å². The summed E-state index contributed by atoms with van der Waals surface area (Å²) >= 11 is 0. The molecule has 0 amide bonds. The van der Waals surface area contributed by atoms with Gasteiger partial charge in [-0.3, -0.25) is 0 Å². The second-order valence-electron chi connectivity index (χ2n) is 8.42. The molecule has 1 aromatic carbocycles. The van der Waals surface area contributed by atoms with Gasteiger partial charge in [-0.2, -0.15) is 0 Å². The van der Waals surface area contributed by atoms with Crippen LogP contribution in [0.2, 0.25) is 0 Å². The number of hydrogen-bond acceptors (Lipinski definition) is 1. The highest BCUT2D eigenvalue weighted by Gasteiger charge is 2.28. The third kappa shape index (κ3) is 3.56. The minimum Gasteiger partial charge on any atom is -0.372 e. The Bertz CT molecular complexity index is 422. The number of benzene rings is 1. The van der Waals surface area contributed by atoms with Crippen molar-refractivity contribution in [3.8, 4) is 0 Å². The van der Waals surface area contributed by atoms with Crippen LogP contribution in [0.5, 0.6) is 0 Å². The first-order valence-electron chi connectivity index (χ1n) is 8.03. The Hall–Kier alpha value is -0.980. The Morgan fingerprint density at radius 2 is 1.35 bits per heavy atom. The highest BCUT2D eigenvalue weighted by molar-refractivity contribution is 5.48. The molecule has 1 heteroatoms. The van der Waals surface area contributed by atoms with E-state index in [2.05, 4.69) is 70.7 Å². The van der Waals surface area contributed by atoms with Crippen molar-refractivity contribution >= 4 is 5.69 Å². The van der Waals surface area contributed by atoms with Crippen molar-refractivity contribution in [2.24, 2.45) is 11.3 Å². The normalized spacial score (nSPS) is 18.4. The third-order valence-corrected chi connectivity index (χ3v) is 4.82. The van der Waals surface area contributed by atoms with Gasteiger partial charge in [0, 0.05) is 18.8 Å². The molecule has 2 rings (SSSR count). The molecule has 20 heavy (non-hydrogen) atoms. The minimum absolute atomic E-state index is 0.248. The molecule has 0 aliphatic carbocycles. The Kier molecular flexibility index (Phi) is 4.18. The van der Waals surface area contributed by atoms with Crippen LogP contribution >= 0.6 is 0 Å². The van der Waals surface area contributed by atoms with Gasteiger partial charge in [-0.05, 0) is 47.3 Å². The number of nitrogens with zero attached hydrogens (tertiary/aromatic N) is 1. The van der Waals surface area contributed by atoms with E-state index < -0.39 is 0 Å². The van der Waals surface area contributed by atoms with Gasteiger partial charge < -0.3 is 4.90 Å². The van der Waals surface area contributed by atoms with E-state index >= 15 is 0 Å². The smallest absolute Gasteiger partial charge is 0.0366 e. The van der Waals surface area contributed by atoms with E-state index in [1.165, 1.54) is 37.2 Å². The minimum atomic E-state index is 0.248. The highest BCUT2D eigenvalue weighted by Crippen LogP contribution is 2.35. The van der Waals surface area contributed by atoms with Crippen molar-refractivity contribution in [2.45, 2.75) is 59.8 Å². The summed E-state index contributed by atoms with van der Waals surface area (Å²) in [6, 6.07) is 9.20. The van der Waals surface area contributed by atoms with Crippen LogP contribution in [0.25, 0.3) is 0 Å². The van der Waals surface area contributed by atoms with E-state index in [1.54, 1.807) is 0 Å². The molecule has 1 heterocycles. The first-order chi connectivity index (χ1) is 9.18. The fourth-order valence-electron chi connectivity index (χ4n) is 3.18. The quantitative estimate of drug-likeness (QED) is 0.675. The molecule has 0 unspecified atom stereocenters. The summed E-state index contributed by atoms with van der Waals surface area (Å²) in [7, 11) is 0. The molecule has 0 radical (unpaired) electrons. The lowest BCUT2D eigenvalue weighted by Crippen LogP contribution is -2.38. The maximum absolute atomic E-state index is 2.55. The average molecular weight is 273 g/mol. The van der Waals surface area contributed by atoms with E-state index in [0.29, 0.717) is 5.41 Å². The van der Waals surface area contributed by atoms with E-state index in [9.17, 15) is 0 Å². The molecule has 0 spiro atoms. The first kappa shape index (κ1) is 15.4. The first-order valence-corrected chi connectivity index (χ1v) is 8.03. The van der Waals surface area contributed by atoms with Gasteiger partial charge in [0.25, 0.3) is 0 Å². The molecular weight excluding hydrogens is 242 g/mol. The molecule has 1 aliphatic heterocycles. The van der Waals surface area contributed by atoms with Crippen LogP contribution in [0.1, 0.15) is 59.9 Å². The summed E-state index contributed by atoms with van der Waals surface area (Å²) in [5.74, 6) is 0.868. The largest absolute Gasteiger partial charge is 0.372 e. The molecular formula is C19H31N. The zero-order chi connectivity index (χ0) is 15.0. The molecule has 112 valence electrons. The van der Waals surface area contributed by atoms with Crippen LogP contribution in [0.4, 0.5) is 5.69 Å². The van der Waals surface area contributed by atoms with Gasteiger partial charge in [0.15, 0.2) is 0 Å². The van der Waals surface area contributed by atoms with Crippen LogP contribution in [-0.4, -0.2) is 13.1 Å². The van der Waals surface area contributed by atoms with Crippen LogP contribution in [0.3, 0.4) is 0 Å². The average Bonchev–Trinajstić information content (AvgIpc) is 2.37. The number of rotatable bonds is 1. The lowest BCUT2D eigenvalue weighted by Gasteiger charge is -2.39. The molecule has 0 N–H and O–H groups in total. The maximum Gasteiger partial charge on any atom is 0.0366 e. The van der Waals surface area contributed by atoms with Crippen LogP contribution in [0, 0.1) is 11.3 Å². The molecule has 1 aliphatic rings. The summed E-state index contributed by atoms with van der Waals surface area (Å²) in [6.45, 7) is 16.4. The zero-order valence-electron chi connectivity index (χ0n) is 14.2. The molecule has 0 atom stereocenters. The second-order valence-corrected chi connectivity index (χ2v) is 8.42. The molecule has 1 aromatic rings. The van der Waals surface area contributed by atoms with Crippen molar-refractivity contribution < 1.29 is 0 Å². The Morgan fingerprint density at radius 3 is 1.75 bits per heavy atom. The Balaban J connectivity index is 2.01. The Labute approximate surface area is 125 Å². The molecule has 0 bridgehead atoms. The molecule has 0 saturated carbocycles. The van der Waals surface area contributed by atoms with Crippen molar-refractivity contribution in [2.75, 3.05) is 18.0 Å². The fourth-order valence-corrected chi connectivity index (χ4v) is 3.18. The van der Waals surface area contributed by atoms with Crippen molar-refractivity contribution in [1.29, 1.82) is 0 Å². The molecule has 1 fully saturated rings. The topological polar surface area (TPSA) is 3.24 Å². The lowest BCUT2D eigenvalue weighted by molar-refractivity contribution is 0.199. The van der Waals surface area contributed by atoms with Gasteiger partial charge in [0.2, 0.25) is 0 Å². The standard InChI is InChI=1S/C19H31N/c1-18(2,3)15-7-9-17(10-8-15)20-13-11-16(12-14-20)19(4,5)6/h7-10,16H,11-14H2,1-6H3. The summed E-state index contributed by atoms with van der Waals surface area (Å²) < 4.78 is 0. The van der Waals surface area contributed by atoms with E-state index in [0.717, 1.165) is 5.92 Å². The zero-order valence-corrected chi connectivity index (χ0v) is 14.2. The van der Waals surface area contributed by atoms with Gasteiger partial charge in [-0.15, -0.1) is 0 Å². The van der Waals surface area contributed by atoms with Crippen molar-refractivity contribution in [3.63, 3.8) is 0 Å². The number of anilines is 1. The monoisotopic (exact) mass is 273 g/mol. The van der Waals surface area contributed by atoms with Crippen LogP contribution < -0.4 is 4.90 Å². The third-order valence-electron chi connectivity index (χ3n) is 4.82. The molecule has 1 nitrogen and oxygen atoms in total. The Morgan fingerprint density at radius 1 is 0.850 bits per heavy atom. The fraction of sp³-hybridized carbons (Fsp3) is 0.684. The van der Waals surface area contributed by atoms with Gasteiger partial charge in [-0.25, -0.2) is 0 Å². The van der Waals surface area contributed by atoms with Gasteiger partial charge in [0.05, 0.1) is 0 Å². The van der Waals surface area contributed by atoms with Gasteiger partial charge in [-0.1, -0.05) is 53.7 Å². The van der Waals surface area contributed by atoms with Gasteiger partial charge >= 0.3 is 0 Å².